The number of aromatic nitrogens is 2. The molecule has 0 aliphatic rings. The van der Waals surface area contributed by atoms with Crippen molar-refractivity contribution in [3.63, 3.8) is 0 Å². The molecule has 0 radical (unpaired) electrons. The smallest absolute Gasteiger partial charge is 0.406 e. The van der Waals surface area contributed by atoms with E-state index in [2.05, 4.69) is 25.3 Å². The molecule has 31 heavy (non-hydrogen) atoms. The zero-order valence-electron chi connectivity index (χ0n) is 15.7. The van der Waals surface area contributed by atoms with Gasteiger partial charge in [-0.15, -0.1) is 13.2 Å². The number of hydrogen-bond donors (Lipinski definition) is 3. The van der Waals surface area contributed by atoms with Crippen molar-refractivity contribution >= 4 is 33.2 Å². The second kappa shape index (κ2) is 8.35. The molecular weight excluding hydrogens is 442 g/mol. The van der Waals surface area contributed by atoms with Gasteiger partial charge in [-0.3, -0.25) is 0 Å². The van der Waals surface area contributed by atoms with Gasteiger partial charge in [0.05, 0.1) is 11.1 Å². The Hall–Kier alpha value is -3.45. The molecule has 0 aliphatic carbocycles. The molecule has 4 N–H and O–H groups in total. The number of nitrogens with two attached hydrogens (primary N) is 1. The van der Waals surface area contributed by atoms with Crippen LogP contribution in [-0.4, -0.2) is 24.7 Å². The van der Waals surface area contributed by atoms with E-state index in [1.807, 2.05) is 0 Å². The van der Waals surface area contributed by atoms with Crippen LogP contribution in [0, 0.1) is 12.7 Å². The predicted molar refractivity (Wildman–Crippen MR) is 104 cm³/mol. The molecule has 0 amide bonds. The summed E-state index contributed by atoms with van der Waals surface area (Å²) in [6, 6.07) is 8.95. The van der Waals surface area contributed by atoms with E-state index in [1.165, 1.54) is 24.3 Å². The Morgan fingerprint density at radius 1 is 1.03 bits per heavy atom. The number of alkyl halides is 3. The van der Waals surface area contributed by atoms with Crippen LogP contribution < -0.4 is 20.5 Å². The monoisotopic (exact) mass is 457 g/mol. The van der Waals surface area contributed by atoms with Crippen LogP contribution in [0.4, 0.5) is 40.7 Å². The van der Waals surface area contributed by atoms with Crippen LogP contribution in [0.1, 0.15) is 5.56 Å². The number of sulfonamides is 1. The van der Waals surface area contributed by atoms with E-state index < -0.39 is 28.0 Å². The Balaban J connectivity index is 1.80. The second-order valence-corrected chi connectivity index (χ2v) is 7.77. The van der Waals surface area contributed by atoms with Gasteiger partial charge in [0.15, 0.2) is 11.6 Å². The van der Waals surface area contributed by atoms with Crippen LogP contribution in [0.15, 0.2) is 53.6 Å². The minimum Gasteiger partial charge on any atom is -0.406 e. The molecule has 1 aromatic heterocycles. The molecule has 0 saturated heterocycles. The van der Waals surface area contributed by atoms with Crippen molar-refractivity contribution in [1.29, 1.82) is 0 Å². The van der Waals surface area contributed by atoms with E-state index >= 15 is 0 Å². The largest absolute Gasteiger partial charge is 0.573 e. The van der Waals surface area contributed by atoms with Gasteiger partial charge in [-0.25, -0.2) is 22.9 Å². The number of ether oxygens (including phenoxy) is 1. The van der Waals surface area contributed by atoms with Crippen molar-refractivity contribution in [3.8, 4) is 5.75 Å². The lowest BCUT2D eigenvalue weighted by molar-refractivity contribution is -0.274. The average Bonchev–Trinajstić information content (AvgIpc) is 2.65. The summed E-state index contributed by atoms with van der Waals surface area (Å²) in [6.07, 6.45) is -3.96. The maximum atomic E-state index is 14.1. The molecule has 0 bridgehead atoms. The first kappa shape index (κ1) is 22.2. The Labute approximate surface area is 174 Å². The zero-order valence-corrected chi connectivity index (χ0v) is 16.6. The predicted octanol–water partition coefficient (Wildman–Crippen LogP) is 3.96. The Morgan fingerprint density at radius 2 is 1.68 bits per heavy atom. The molecule has 0 saturated carbocycles. The quantitative estimate of drug-likeness (QED) is 0.480. The Morgan fingerprint density at radius 3 is 2.29 bits per heavy atom. The summed E-state index contributed by atoms with van der Waals surface area (Å²) in [5.41, 5.74) is 0.971. The first-order chi connectivity index (χ1) is 14.4. The van der Waals surface area contributed by atoms with Gasteiger partial charge >= 0.3 is 6.36 Å². The number of rotatable bonds is 6. The van der Waals surface area contributed by atoms with Gasteiger partial charge in [-0.1, -0.05) is 6.07 Å². The number of nitrogens with zero attached hydrogens (tertiary/aromatic N) is 2. The normalized spacial score (nSPS) is 11.8. The molecule has 0 aliphatic heterocycles. The summed E-state index contributed by atoms with van der Waals surface area (Å²) in [7, 11) is -3.95. The molecule has 3 aromatic rings. The maximum absolute atomic E-state index is 14.1. The van der Waals surface area contributed by atoms with Gasteiger partial charge in [0.25, 0.3) is 0 Å². The first-order valence-electron chi connectivity index (χ1n) is 8.46. The third kappa shape index (κ3) is 6.02. The van der Waals surface area contributed by atoms with E-state index in [0.717, 1.165) is 18.3 Å². The maximum Gasteiger partial charge on any atom is 0.573 e. The van der Waals surface area contributed by atoms with Gasteiger partial charge in [0, 0.05) is 11.4 Å². The fourth-order valence-corrected chi connectivity index (χ4v) is 3.31. The fourth-order valence-electron chi connectivity index (χ4n) is 2.51. The fraction of sp³-hybridized carbons (Fsp3) is 0.111. The van der Waals surface area contributed by atoms with E-state index in [1.54, 1.807) is 13.0 Å². The van der Waals surface area contributed by atoms with E-state index in [-0.39, 0.29) is 22.3 Å². The number of hydrogen-bond acceptors (Lipinski definition) is 7. The van der Waals surface area contributed by atoms with Crippen molar-refractivity contribution in [2.45, 2.75) is 18.2 Å². The van der Waals surface area contributed by atoms with Gasteiger partial charge in [0.1, 0.15) is 5.75 Å². The van der Waals surface area contributed by atoms with E-state index in [4.69, 9.17) is 5.14 Å². The summed E-state index contributed by atoms with van der Waals surface area (Å²) in [6.45, 7) is 1.57. The first-order valence-corrected chi connectivity index (χ1v) is 10.0. The highest BCUT2D eigenvalue weighted by Gasteiger charge is 2.31. The van der Waals surface area contributed by atoms with Crippen molar-refractivity contribution in [2.24, 2.45) is 5.14 Å². The van der Waals surface area contributed by atoms with Crippen LogP contribution in [0.3, 0.4) is 0 Å². The van der Waals surface area contributed by atoms with Gasteiger partial charge in [-0.2, -0.15) is 4.98 Å². The highest BCUT2D eigenvalue weighted by Crippen LogP contribution is 2.26. The summed E-state index contributed by atoms with van der Waals surface area (Å²) in [5, 5.41) is 10.5. The molecule has 0 spiro atoms. The van der Waals surface area contributed by atoms with Crippen molar-refractivity contribution in [1.82, 2.24) is 9.97 Å². The van der Waals surface area contributed by atoms with E-state index in [9.17, 15) is 26.0 Å². The van der Waals surface area contributed by atoms with Gasteiger partial charge in [-0.05, 0) is 48.9 Å². The zero-order chi connectivity index (χ0) is 22.8. The third-order valence-electron chi connectivity index (χ3n) is 3.85. The Kier molecular flexibility index (Phi) is 5.99. The minimum atomic E-state index is -4.83. The van der Waals surface area contributed by atoms with Crippen molar-refractivity contribution in [2.75, 3.05) is 10.6 Å². The van der Waals surface area contributed by atoms with Crippen LogP contribution in [0.5, 0.6) is 5.75 Å². The summed E-state index contributed by atoms with van der Waals surface area (Å²) < 4.78 is 77.8. The molecule has 0 fully saturated rings. The highest BCUT2D eigenvalue weighted by molar-refractivity contribution is 7.89. The molecular formula is C18H15F4N5O3S. The summed E-state index contributed by atoms with van der Waals surface area (Å²) in [4.78, 5) is 7.64. The van der Waals surface area contributed by atoms with Crippen LogP contribution in [-0.2, 0) is 10.0 Å². The van der Waals surface area contributed by atoms with E-state index in [0.29, 0.717) is 11.3 Å². The molecule has 0 atom stereocenters. The van der Waals surface area contributed by atoms with Crippen molar-refractivity contribution < 1.29 is 30.7 Å². The standard InChI is InChI=1S/C18H15F4N5O3S/c1-10-2-3-12(8-15(10)31(23,28)29)26-17-24-9-14(19)16(27-17)25-11-4-6-13(7-5-11)30-18(20,21)22/h2-9H,1H3,(H2,23,28,29)(H2,24,25,26,27). The SMILES string of the molecule is Cc1ccc(Nc2ncc(F)c(Nc3ccc(OC(F)(F)F)cc3)n2)cc1S(N)(=O)=O. The number of aryl methyl sites for hydroxylation is 1. The number of anilines is 4. The van der Waals surface area contributed by atoms with Crippen molar-refractivity contribution in [3.05, 3.63) is 60.0 Å². The lowest BCUT2D eigenvalue weighted by Gasteiger charge is -2.12. The summed E-state index contributed by atoms with van der Waals surface area (Å²) in [5.74, 6) is -1.59. The number of benzene rings is 2. The molecule has 2 aromatic carbocycles. The topological polar surface area (TPSA) is 119 Å². The molecule has 0 unspecified atom stereocenters. The van der Waals surface area contributed by atoms with Gasteiger partial charge in [0.2, 0.25) is 16.0 Å². The van der Waals surface area contributed by atoms with Crippen LogP contribution in [0.2, 0.25) is 0 Å². The third-order valence-corrected chi connectivity index (χ3v) is 4.90. The molecule has 8 nitrogen and oxygen atoms in total. The van der Waals surface area contributed by atoms with Crippen LogP contribution >= 0.6 is 0 Å². The lowest BCUT2D eigenvalue weighted by Crippen LogP contribution is -2.17. The number of halogens is 4. The molecule has 3 rings (SSSR count). The van der Waals surface area contributed by atoms with Crippen LogP contribution in [0.25, 0.3) is 0 Å². The average molecular weight is 457 g/mol. The second-order valence-electron chi connectivity index (χ2n) is 6.24. The number of primary sulfonamides is 1. The minimum absolute atomic E-state index is 0.0647. The lowest BCUT2D eigenvalue weighted by atomic mass is 10.2. The highest BCUT2D eigenvalue weighted by atomic mass is 32.2. The number of nitrogens with one attached hydrogen (secondary N) is 2. The Bertz CT molecular complexity index is 1200. The molecule has 1 heterocycles. The van der Waals surface area contributed by atoms with Gasteiger partial charge < -0.3 is 15.4 Å². The summed E-state index contributed by atoms with van der Waals surface area (Å²) >= 11 is 0. The molecule has 164 valence electrons. The molecule has 13 heteroatoms.